The van der Waals surface area contributed by atoms with Crippen molar-refractivity contribution in [3.05, 3.63) is 58.2 Å². The zero-order valence-corrected chi connectivity index (χ0v) is 12.7. The molecule has 0 spiro atoms. The van der Waals surface area contributed by atoms with E-state index < -0.39 is 0 Å². The lowest BCUT2D eigenvalue weighted by atomic mass is 10.3. The van der Waals surface area contributed by atoms with Gasteiger partial charge in [0.1, 0.15) is 5.15 Å². The number of anilines is 1. The van der Waals surface area contributed by atoms with Gasteiger partial charge in [0.25, 0.3) is 0 Å². The maximum Gasteiger partial charge on any atom is 0.319 e. The average Bonchev–Trinajstić information content (AvgIpc) is 2.51. The lowest BCUT2D eigenvalue weighted by Gasteiger charge is -2.08. The highest BCUT2D eigenvalue weighted by Crippen LogP contribution is 2.09. The van der Waals surface area contributed by atoms with Crippen LogP contribution in [0, 0.1) is 0 Å². The Hall–Kier alpha value is -2.34. The Morgan fingerprint density at radius 3 is 2.82 bits per heavy atom. The number of nitrogens with one attached hydrogen (secondary N) is 2. The van der Waals surface area contributed by atoms with E-state index >= 15 is 0 Å². The van der Waals surface area contributed by atoms with E-state index in [1.165, 1.54) is 12.3 Å². The van der Waals surface area contributed by atoms with E-state index in [2.05, 4.69) is 15.6 Å². The van der Waals surface area contributed by atoms with E-state index in [1.807, 2.05) is 6.07 Å². The van der Waals surface area contributed by atoms with Crippen molar-refractivity contribution in [3.63, 3.8) is 0 Å². The first-order valence-electron chi connectivity index (χ1n) is 6.97. The highest BCUT2D eigenvalue weighted by atomic mass is 35.5. The number of hydrogen-bond acceptors (Lipinski definition) is 3. The first-order chi connectivity index (χ1) is 10.6. The highest BCUT2D eigenvalue weighted by molar-refractivity contribution is 6.29. The largest absolute Gasteiger partial charge is 0.338 e. The van der Waals surface area contributed by atoms with Crippen LogP contribution in [0.1, 0.15) is 12.8 Å². The van der Waals surface area contributed by atoms with Crippen molar-refractivity contribution in [2.75, 3.05) is 11.9 Å². The van der Waals surface area contributed by atoms with E-state index in [0.29, 0.717) is 23.9 Å². The van der Waals surface area contributed by atoms with Gasteiger partial charge in [-0.15, -0.1) is 0 Å². The van der Waals surface area contributed by atoms with Crippen LogP contribution in [0.2, 0.25) is 5.15 Å². The summed E-state index contributed by atoms with van der Waals surface area (Å²) in [5, 5.41) is 5.79. The van der Waals surface area contributed by atoms with Gasteiger partial charge in [0.2, 0.25) is 5.56 Å². The topological polar surface area (TPSA) is 76.0 Å². The van der Waals surface area contributed by atoms with Gasteiger partial charge in [-0.3, -0.25) is 4.79 Å². The van der Waals surface area contributed by atoms with E-state index in [4.69, 9.17) is 11.6 Å². The molecule has 0 unspecified atom stereocenters. The molecule has 0 saturated heterocycles. The number of pyridine rings is 2. The molecule has 0 fully saturated rings. The molecular weight excluding hydrogens is 304 g/mol. The van der Waals surface area contributed by atoms with Crippen LogP contribution < -0.4 is 16.2 Å². The number of carbonyl (C=O) groups is 1. The Bertz CT molecular complexity index is 670. The molecule has 0 saturated carbocycles. The number of unbranched alkanes of at least 4 members (excludes halogenated alkanes) is 1. The third-order valence-corrected chi connectivity index (χ3v) is 3.22. The van der Waals surface area contributed by atoms with Gasteiger partial charge in [0.05, 0.1) is 11.9 Å². The second-order valence-electron chi connectivity index (χ2n) is 4.69. The third kappa shape index (κ3) is 5.21. The van der Waals surface area contributed by atoms with Gasteiger partial charge in [-0.2, -0.15) is 0 Å². The monoisotopic (exact) mass is 320 g/mol. The predicted molar refractivity (Wildman–Crippen MR) is 86.2 cm³/mol. The summed E-state index contributed by atoms with van der Waals surface area (Å²) >= 11 is 5.66. The number of aryl methyl sites for hydroxylation is 1. The minimum Gasteiger partial charge on any atom is -0.338 e. The summed E-state index contributed by atoms with van der Waals surface area (Å²) in [6.45, 7) is 1.18. The molecule has 2 amide bonds. The number of aromatic nitrogens is 2. The fourth-order valence-corrected chi connectivity index (χ4v) is 1.99. The van der Waals surface area contributed by atoms with Gasteiger partial charge >= 0.3 is 6.03 Å². The number of urea groups is 1. The number of amides is 2. The van der Waals surface area contributed by atoms with Gasteiger partial charge in [-0.25, -0.2) is 9.78 Å². The number of nitrogens with zero attached hydrogens (tertiary/aromatic N) is 2. The third-order valence-electron chi connectivity index (χ3n) is 3.00. The zero-order chi connectivity index (χ0) is 15.8. The summed E-state index contributed by atoms with van der Waals surface area (Å²) in [7, 11) is 0. The van der Waals surface area contributed by atoms with E-state index in [0.717, 1.165) is 12.8 Å². The van der Waals surface area contributed by atoms with Crippen molar-refractivity contribution in [2.24, 2.45) is 0 Å². The van der Waals surface area contributed by atoms with E-state index in [1.54, 1.807) is 29.0 Å². The maximum absolute atomic E-state index is 11.6. The molecule has 2 aromatic heterocycles. The quantitative estimate of drug-likeness (QED) is 0.634. The van der Waals surface area contributed by atoms with Crippen molar-refractivity contribution in [2.45, 2.75) is 19.4 Å². The Morgan fingerprint density at radius 1 is 1.23 bits per heavy atom. The summed E-state index contributed by atoms with van der Waals surface area (Å²) in [4.78, 5) is 27.0. The van der Waals surface area contributed by atoms with Crippen molar-refractivity contribution in [1.82, 2.24) is 14.9 Å². The molecule has 2 heterocycles. The molecule has 0 radical (unpaired) electrons. The van der Waals surface area contributed by atoms with Crippen molar-refractivity contribution in [1.29, 1.82) is 0 Å². The van der Waals surface area contributed by atoms with Gasteiger partial charge in [-0.1, -0.05) is 17.7 Å². The molecule has 0 aliphatic heterocycles. The summed E-state index contributed by atoms with van der Waals surface area (Å²) in [5.74, 6) is 0. The second kappa shape index (κ2) is 8.19. The van der Waals surface area contributed by atoms with E-state index in [9.17, 15) is 9.59 Å². The molecule has 2 aromatic rings. The normalized spacial score (nSPS) is 10.2. The smallest absolute Gasteiger partial charge is 0.319 e. The molecule has 0 aliphatic rings. The molecule has 0 atom stereocenters. The van der Waals surface area contributed by atoms with Crippen LogP contribution in [0.5, 0.6) is 0 Å². The summed E-state index contributed by atoms with van der Waals surface area (Å²) in [6, 6.07) is 8.07. The fraction of sp³-hybridized carbons (Fsp3) is 0.267. The molecule has 0 aliphatic carbocycles. The maximum atomic E-state index is 11.6. The lowest BCUT2D eigenvalue weighted by Crippen LogP contribution is -2.29. The minimum atomic E-state index is -0.291. The van der Waals surface area contributed by atoms with Crippen LogP contribution in [0.4, 0.5) is 10.5 Å². The van der Waals surface area contributed by atoms with Gasteiger partial charge in [0, 0.05) is 25.4 Å². The number of halogens is 1. The Balaban J connectivity index is 1.64. The molecule has 22 heavy (non-hydrogen) atoms. The first-order valence-corrected chi connectivity index (χ1v) is 7.35. The standard InChI is InChI=1S/C15H17ClN4O2/c16-13-7-6-12(11-18-13)19-15(22)17-8-2-4-10-20-9-3-1-5-14(20)21/h1,3,5-7,9,11H,2,4,8,10H2,(H2,17,19,22). The van der Waals surface area contributed by atoms with Crippen LogP contribution in [0.25, 0.3) is 0 Å². The summed E-state index contributed by atoms with van der Waals surface area (Å²) in [6.07, 6.45) is 4.85. The first kappa shape index (κ1) is 16.0. The predicted octanol–water partition coefficient (Wildman–Crippen LogP) is 2.50. The van der Waals surface area contributed by atoms with Crippen molar-refractivity contribution in [3.8, 4) is 0 Å². The lowest BCUT2D eigenvalue weighted by molar-refractivity contribution is 0.252. The molecule has 116 valence electrons. The van der Waals surface area contributed by atoms with Gasteiger partial charge in [0.15, 0.2) is 0 Å². The van der Waals surface area contributed by atoms with Crippen LogP contribution in [-0.4, -0.2) is 22.1 Å². The number of hydrogen-bond donors (Lipinski definition) is 2. The molecule has 2 N–H and O–H groups in total. The van der Waals surface area contributed by atoms with Crippen LogP contribution >= 0.6 is 11.6 Å². The second-order valence-corrected chi connectivity index (χ2v) is 5.08. The van der Waals surface area contributed by atoms with Crippen LogP contribution in [-0.2, 0) is 6.54 Å². The molecule has 6 nitrogen and oxygen atoms in total. The highest BCUT2D eigenvalue weighted by Gasteiger charge is 2.01. The van der Waals surface area contributed by atoms with Gasteiger partial charge in [-0.05, 0) is 31.0 Å². The minimum absolute atomic E-state index is 0.0107. The average molecular weight is 321 g/mol. The Labute approximate surface area is 133 Å². The molecule has 2 rings (SSSR count). The molecule has 0 bridgehead atoms. The van der Waals surface area contributed by atoms with Crippen molar-refractivity contribution < 1.29 is 4.79 Å². The number of rotatable bonds is 6. The molecule has 0 aromatic carbocycles. The summed E-state index contributed by atoms with van der Waals surface area (Å²) < 4.78 is 1.65. The van der Waals surface area contributed by atoms with Crippen molar-refractivity contribution >= 4 is 23.3 Å². The van der Waals surface area contributed by atoms with Crippen LogP contribution in [0.15, 0.2) is 47.5 Å². The number of carbonyl (C=O) groups excluding carboxylic acids is 1. The fourth-order valence-electron chi connectivity index (χ4n) is 1.88. The SMILES string of the molecule is O=C(NCCCCn1ccccc1=O)Nc1ccc(Cl)nc1. The van der Waals surface area contributed by atoms with Crippen LogP contribution in [0.3, 0.4) is 0 Å². The summed E-state index contributed by atoms with van der Waals surface area (Å²) in [5.41, 5.74) is 0.571. The molecule has 7 heteroatoms. The molecular formula is C15H17ClN4O2. The zero-order valence-electron chi connectivity index (χ0n) is 12.0. The van der Waals surface area contributed by atoms with Gasteiger partial charge < -0.3 is 15.2 Å². The van der Waals surface area contributed by atoms with E-state index in [-0.39, 0.29) is 11.6 Å². The Kier molecular flexibility index (Phi) is 5.97. The Morgan fingerprint density at radius 2 is 2.09 bits per heavy atom.